The molecule has 5 heteroatoms. The zero-order valence-electron chi connectivity index (χ0n) is 16.4. The summed E-state index contributed by atoms with van der Waals surface area (Å²) in [6.07, 6.45) is 11.1. The van der Waals surface area contributed by atoms with Crippen molar-refractivity contribution < 1.29 is 20.1 Å². The molecule has 0 fully saturated rings. The Labute approximate surface area is 186 Å². The van der Waals surface area contributed by atoms with E-state index in [0.29, 0.717) is 0 Å². The molecular formula is C23H25IrN3S-2. The second kappa shape index (κ2) is 13.9. The molecule has 149 valence electrons. The van der Waals surface area contributed by atoms with E-state index in [2.05, 4.69) is 50.8 Å². The van der Waals surface area contributed by atoms with Crippen molar-refractivity contribution in [3.8, 4) is 11.3 Å². The first kappa shape index (κ1) is 23.8. The maximum atomic E-state index is 4.22. The first-order chi connectivity index (χ1) is 13.3. The van der Waals surface area contributed by atoms with Gasteiger partial charge in [-0.15, -0.1) is 41.3 Å². The van der Waals surface area contributed by atoms with E-state index in [1.54, 1.807) is 17.5 Å². The van der Waals surface area contributed by atoms with Crippen molar-refractivity contribution >= 4 is 11.3 Å². The summed E-state index contributed by atoms with van der Waals surface area (Å²) in [4.78, 5) is 8.43. The second-order valence-electron chi connectivity index (χ2n) is 5.49. The molecule has 0 spiro atoms. The average Bonchev–Trinajstić information content (AvgIpc) is 3.41. The fourth-order valence-corrected chi connectivity index (χ4v) is 2.81. The van der Waals surface area contributed by atoms with Crippen molar-refractivity contribution in [2.45, 2.75) is 13.8 Å². The van der Waals surface area contributed by atoms with E-state index in [1.165, 1.54) is 0 Å². The molecule has 3 nitrogen and oxygen atoms in total. The molecule has 3 aromatic rings. The number of aromatic nitrogens is 1. The smallest absolute Gasteiger partial charge is 0.0921 e. The Morgan fingerprint density at radius 2 is 1.93 bits per heavy atom. The number of hydrogen-bond donors (Lipinski definition) is 0. The van der Waals surface area contributed by atoms with Crippen LogP contribution in [0.1, 0.15) is 19.4 Å². The van der Waals surface area contributed by atoms with E-state index in [9.17, 15) is 0 Å². The zero-order chi connectivity index (χ0) is 19.3. The number of hydrogen-bond acceptors (Lipinski definition) is 4. The first-order valence-corrected chi connectivity index (χ1v) is 9.90. The predicted molar refractivity (Wildman–Crippen MR) is 115 cm³/mol. The maximum Gasteiger partial charge on any atom is 0.0921 e. The Hall–Kier alpha value is -2.20. The van der Waals surface area contributed by atoms with Crippen molar-refractivity contribution in [1.82, 2.24) is 14.8 Å². The van der Waals surface area contributed by atoms with Gasteiger partial charge in [-0.2, -0.15) is 17.7 Å². The Kier molecular flexibility index (Phi) is 11.8. The molecule has 1 aliphatic rings. The van der Waals surface area contributed by atoms with Crippen LogP contribution in [0.4, 0.5) is 0 Å². The monoisotopic (exact) mass is 568 g/mol. The topological polar surface area (TPSA) is 19.4 Å². The van der Waals surface area contributed by atoms with Crippen LogP contribution in [0.25, 0.3) is 11.3 Å². The minimum absolute atomic E-state index is 0. The van der Waals surface area contributed by atoms with Gasteiger partial charge >= 0.3 is 0 Å². The molecule has 0 saturated carbocycles. The fraction of sp³-hybridized carbons (Fsp3) is 0.174. The van der Waals surface area contributed by atoms with Gasteiger partial charge in [0.1, 0.15) is 0 Å². The van der Waals surface area contributed by atoms with Gasteiger partial charge in [0.2, 0.25) is 0 Å². The Balaban J connectivity index is 0.000000250. The van der Waals surface area contributed by atoms with Crippen LogP contribution in [0.3, 0.4) is 0 Å². The summed E-state index contributed by atoms with van der Waals surface area (Å²) in [5.74, 6) is 0. The summed E-state index contributed by atoms with van der Waals surface area (Å²) in [6, 6.07) is 18.9. The minimum atomic E-state index is 0. The van der Waals surface area contributed by atoms with Gasteiger partial charge in [0.15, 0.2) is 0 Å². The molecule has 0 atom stereocenters. The largest absolute Gasteiger partial charge is 0.361 e. The molecule has 0 bridgehead atoms. The van der Waals surface area contributed by atoms with Crippen molar-refractivity contribution in [1.29, 1.82) is 0 Å². The van der Waals surface area contributed by atoms with E-state index < -0.39 is 0 Å². The molecule has 2 aromatic heterocycles. The number of rotatable bonds is 3. The molecule has 0 N–H and O–H groups in total. The SMILES string of the molecule is CC.CN1C=CN(C=[C-]c2ccsc2)C1.[Ir].[c-]1ccccc1-c1ccccn1. The summed E-state index contributed by atoms with van der Waals surface area (Å²) in [5.41, 5.74) is 3.16. The van der Waals surface area contributed by atoms with Crippen molar-refractivity contribution in [2.75, 3.05) is 13.7 Å². The van der Waals surface area contributed by atoms with Crippen LogP contribution >= 0.6 is 11.3 Å². The van der Waals surface area contributed by atoms with Crippen molar-refractivity contribution in [3.63, 3.8) is 0 Å². The van der Waals surface area contributed by atoms with Gasteiger partial charge in [-0.1, -0.05) is 37.6 Å². The van der Waals surface area contributed by atoms with Gasteiger partial charge in [-0.25, -0.2) is 11.3 Å². The molecule has 0 saturated heterocycles. The maximum absolute atomic E-state index is 4.22. The van der Waals surface area contributed by atoms with E-state index in [1.807, 2.05) is 74.9 Å². The Morgan fingerprint density at radius 1 is 1.11 bits per heavy atom. The Bertz CT molecular complexity index is 765. The van der Waals surface area contributed by atoms with E-state index in [-0.39, 0.29) is 20.1 Å². The molecule has 3 heterocycles. The van der Waals surface area contributed by atoms with Crippen LogP contribution in [-0.4, -0.2) is 28.5 Å². The molecule has 4 rings (SSSR count). The van der Waals surface area contributed by atoms with Crippen LogP contribution in [0.2, 0.25) is 0 Å². The zero-order valence-corrected chi connectivity index (χ0v) is 19.6. The summed E-state index contributed by atoms with van der Waals surface area (Å²) >= 11 is 1.69. The molecular weight excluding hydrogens is 543 g/mol. The van der Waals surface area contributed by atoms with Crippen LogP contribution in [0.15, 0.2) is 84.1 Å². The number of benzene rings is 1. The molecule has 1 radical (unpaired) electrons. The van der Waals surface area contributed by atoms with Crippen LogP contribution in [0, 0.1) is 12.1 Å². The predicted octanol–water partition coefficient (Wildman–Crippen LogP) is 5.66. The third-order valence-corrected chi connectivity index (χ3v) is 4.15. The number of nitrogens with zero attached hydrogens (tertiary/aromatic N) is 3. The molecule has 28 heavy (non-hydrogen) atoms. The molecule has 1 aliphatic heterocycles. The van der Waals surface area contributed by atoms with Gasteiger partial charge in [0, 0.05) is 45.7 Å². The average molecular weight is 568 g/mol. The molecule has 0 amide bonds. The Morgan fingerprint density at radius 3 is 2.50 bits per heavy atom. The van der Waals surface area contributed by atoms with E-state index in [4.69, 9.17) is 0 Å². The standard InChI is InChI=1S/C11H8N.C10H11N2S.C2H6.Ir/c1-2-6-10(7-3-1)11-8-4-5-9-12-11;1-11-5-6-12(9-11)4-2-10-3-7-13-8-10;1-2;/h1-6,8-9H;3-8H,9H2,1H3;1-2H3;/q2*-1;;. The normalized spacial score (nSPS) is 12.0. The van der Waals surface area contributed by atoms with Crippen molar-refractivity contribution in [3.05, 3.63) is 102 Å². The summed E-state index contributed by atoms with van der Waals surface area (Å²) in [6.45, 7) is 4.91. The van der Waals surface area contributed by atoms with Gasteiger partial charge in [0.25, 0.3) is 0 Å². The summed E-state index contributed by atoms with van der Waals surface area (Å²) in [5, 5.41) is 4.14. The molecule has 1 aromatic carbocycles. The minimum Gasteiger partial charge on any atom is -0.361 e. The third kappa shape index (κ3) is 8.22. The molecule has 0 aliphatic carbocycles. The van der Waals surface area contributed by atoms with Crippen LogP contribution in [0.5, 0.6) is 0 Å². The van der Waals surface area contributed by atoms with E-state index in [0.717, 1.165) is 23.5 Å². The summed E-state index contributed by atoms with van der Waals surface area (Å²) in [7, 11) is 2.05. The number of thiophene rings is 1. The van der Waals surface area contributed by atoms with Gasteiger partial charge in [0.05, 0.1) is 6.67 Å². The quantitative estimate of drug-likeness (QED) is 0.381. The van der Waals surface area contributed by atoms with Gasteiger partial charge in [-0.3, -0.25) is 0 Å². The summed E-state index contributed by atoms with van der Waals surface area (Å²) < 4.78 is 0. The van der Waals surface area contributed by atoms with Crippen LogP contribution in [-0.2, 0) is 20.1 Å². The van der Waals surface area contributed by atoms with Gasteiger partial charge in [-0.05, 0) is 11.8 Å². The third-order valence-electron chi connectivity index (χ3n) is 3.47. The molecule has 0 unspecified atom stereocenters. The van der Waals surface area contributed by atoms with Crippen molar-refractivity contribution in [2.24, 2.45) is 0 Å². The van der Waals surface area contributed by atoms with Gasteiger partial charge < -0.3 is 14.8 Å². The second-order valence-corrected chi connectivity index (χ2v) is 6.27. The van der Waals surface area contributed by atoms with Crippen LogP contribution < -0.4 is 0 Å². The van der Waals surface area contributed by atoms with E-state index >= 15 is 0 Å². The first-order valence-electron chi connectivity index (χ1n) is 8.96. The number of pyridine rings is 1. The fourth-order valence-electron chi connectivity index (χ4n) is 2.21.